The number of carbonyl (C=O) groups is 1. The molecule has 1 saturated heterocycles. The van der Waals surface area contributed by atoms with Crippen LogP contribution >= 0.6 is 0 Å². The molecule has 1 aliphatic carbocycles. The van der Waals surface area contributed by atoms with Crippen molar-refractivity contribution < 1.29 is 4.79 Å². The van der Waals surface area contributed by atoms with Crippen LogP contribution in [0.15, 0.2) is 18.2 Å². The lowest BCUT2D eigenvalue weighted by molar-refractivity contribution is -0.127. The number of fused-ring (bicyclic) bond motifs is 1. The predicted octanol–water partition coefficient (Wildman–Crippen LogP) is 2.84. The normalized spacial score (nSPS) is 19.1. The molecule has 0 aromatic heterocycles. The van der Waals surface area contributed by atoms with Crippen LogP contribution in [0.25, 0.3) is 0 Å². The van der Waals surface area contributed by atoms with E-state index in [0.29, 0.717) is 11.9 Å². The fourth-order valence-corrected chi connectivity index (χ4v) is 3.51. The van der Waals surface area contributed by atoms with Gasteiger partial charge < -0.3 is 10.2 Å². The number of nitrogens with zero attached hydrogens (tertiary/aromatic N) is 1. The maximum absolute atomic E-state index is 11.5. The molecular weight excluding hydrogens is 260 g/mol. The maximum Gasteiger partial charge on any atom is 0.222 e. The van der Waals surface area contributed by atoms with Crippen molar-refractivity contribution in [3.05, 3.63) is 34.9 Å². The number of aryl methyl sites for hydroxylation is 2. The van der Waals surface area contributed by atoms with E-state index < -0.39 is 0 Å². The molecule has 3 rings (SSSR count). The summed E-state index contributed by atoms with van der Waals surface area (Å²) in [4.78, 5) is 13.5. The molecule has 0 unspecified atom stereocenters. The van der Waals surface area contributed by atoms with Gasteiger partial charge in [-0.3, -0.25) is 4.79 Å². The van der Waals surface area contributed by atoms with Gasteiger partial charge in [0, 0.05) is 25.6 Å². The third kappa shape index (κ3) is 3.46. The van der Waals surface area contributed by atoms with Crippen molar-refractivity contribution in [2.45, 2.75) is 51.5 Å². The first-order valence-electron chi connectivity index (χ1n) is 8.37. The first-order chi connectivity index (χ1) is 10.2. The van der Waals surface area contributed by atoms with E-state index in [2.05, 4.69) is 30.4 Å². The molecule has 1 amide bonds. The van der Waals surface area contributed by atoms with Crippen LogP contribution in [0.3, 0.4) is 0 Å². The van der Waals surface area contributed by atoms with Crippen molar-refractivity contribution in [3.63, 3.8) is 0 Å². The monoisotopic (exact) mass is 286 g/mol. The van der Waals surface area contributed by atoms with Gasteiger partial charge in [0.2, 0.25) is 5.91 Å². The van der Waals surface area contributed by atoms with Gasteiger partial charge in [0.15, 0.2) is 0 Å². The van der Waals surface area contributed by atoms with Gasteiger partial charge in [0.25, 0.3) is 0 Å². The molecule has 1 aliphatic heterocycles. The average Bonchev–Trinajstić information content (AvgIpc) is 3.11. The molecule has 114 valence electrons. The van der Waals surface area contributed by atoms with Crippen LogP contribution in [0.5, 0.6) is 0 Å². The quantitative estimate of drug-likeness (QED) is 0.816. The Labute approximate surface area is 127 Å². The zero-order valence-corrected chi connectivity index (χ0v) is 13.0. The number of amides is 1. The zero-order valence-electron chi connectivity index (χ0n) is 13.0. The molecular formula is C18H26N2O. The Bertz CT molecular complexity index is 512. The van der Waals surface area contributed by atoms with Crippen LogP contribution in [0.4, 0.5) is 0 Å². The Kier molecular flexibility index (Phi) is 4.59. The Hall–Kier alpha value is -1.35. The van der Waals surface area contributed by atoms with Gasteiger partial charge >= 0.3 is 0 Å². The van der Waals surface area contributed by atoms with E-state index in [0.717, 1.165) is 38.9 Å². The Morgan fingerprint density at radius 3 is 2.86 bits per heavy atom. The van der Waals surface area contributed by atoms with Gasteiger partial charge in [0.05, 0.1) is 0 Å². The predicted molar refractivity (Wildman–Crippen MR) is 85.3 cm³/mol. The molecule has 1 fully saturated rings. The van der Waals surface area contributed by atoms with Crippen molar-refractivity contribution in [2.24, 2.45) is 0 Å². The number of benzene rings is 1. The van der Waals surface area contributed by atoms with E-state index in [4.69, 9.17) is 0 Å². The Morgan fingerprint density at radius 2 is 2.05 bits per heavy atom. The van der Waals surface area contributed by atoms with Crippen LogP contribution < -0.4 is 5.32 Å². The summed E-state index contributed by atoms with van der Waals surface area (Å²) in [6.45, 7) is 5.07. The van der Waals surface area contributed by atoms with E-state index in [1.807, 2.05) is 4.90 Å². The summed E-state index contributed by atoms with van der Waals surface area (Å²) in [7, 11) is 0. The fourth-order valence-electron chi connectivity index (χ4n) is 3.51. The van der Waals surface area contributed by atoms with Gasteiger partial charge in [0.1, 0.15) is 0 Å². The highest BCUT2D eigenvalue weighted by molar-refractivity contribution is 5.77. The minimum absolute atomic E-state index is 0.335. The topological polar surface area (TPSA) is 32.3 Å². The molecule has 3 heteroatoms. The molecule has 1 N–H and O–H groups in total. The van der Waals surface area contributed by atoms with Crippen molar-refractivity contribution >= 4 is 5.91 Å². The smallest absolute Gasteiger partial charge is 0.222 e. The summed E-state index contributed by atoms with van der Waals surface area (Å²) in [5.74, 6) is 0.335. The minimum atomic E-state index is 0.335. The molecule has 1 atom stereocenters. The largest absolute Gasteiger partial charge is 0.343 e. The second-order valence-corrected chi connectivity index (χ2v) is 6.40. The lowest BCUT2D eigenvalue weighted by Crippen LogP contribution is -2.29. The number of likely N-dealkylation sites (tertiary alicyclic amines) is 1. The number of nitrogens with one attached hydrogen (secondary N) is 1. The van der Waals surface area contributed by atoms with Crippen molar-refractivity contribution in [3.8, 4) is 0 Å². The van der Waals surface area contributed by atoms with Gasteiger partial charge in [-0.2, -0.15) is 0 Å². The van der Waals surface area contributed by atoms with Gasteiger partial charge in [-0.15, -0.1) is 0 Å². The molecule has 21 heavy (non-hydrogen) atoms. The first-order valence-corrected chi connectivity index (χ1v) is 8.37. The van der Waals surface area contributed by atoms with E-state index in [-0.39, 0.29) is 0 Å². The van der Waals surface area contributed by atoms with Crippen molar-refractivity contribution in [1.29, 1.82) is 0 Å². The van der Waals surface area contributed by atoms with Crippen molar-refractivity contribution in [1.82, 2.24) is 10.2 Å². The van der Waals surface area contributed by atoms with Crippen molar-refractivity contribution in [2.75, 3.05) is 19.6 Å². The summed E-state index contributed by atoms with van der Waals surface area (Å²) in [6, 6.07) is 7.35. The molecule has 0 spiro atoms. The third-order valence-electron chi connectivity index (χ3n) is 4.85. The highest BCUT2D eigenvalue weighted by atomic mass is 16.2. The Morgan fingerprint density at radius 1 is 1.19 bits per heavy atom. The van der Waals surface area contributed by atoms with E-state index in [1.165, 1.54) is 24.8 Å². The van der Waals surface area contributed by atoms with Crippen LogP contribution in [0.1, 0.15) is 55.3 Å². The second kappa shape index (κ2) is 6.61. The molecule has 0 radical (unpaired) electrons. The van der Waals surface area contributed by atoms with E-state index >= 15 is 0 Å². The van der Waals surface area contributed by atoms with Gasteiger partial charge in [-0.25, -0.2) is 0 Å². The summed E-state index contributed by atoms with van der Waals surface area (Å²) < 4.78 is 0. The van der Waals surface area contributed by atoms with Crippen LogP contribution in [0.2, 0.25) is 0 Å². The number of rotatable bonds is 6. The molecule has 3 nitrogen and oxygen atoms in total. The molecule has 0 saturated carbocycles. The zero-order chi connectivity index (χ0) is 14.7. The standard InChI is InChI=1S/C18H26N2O/c1-14(16-9-8-15-5-2-6-17(15)13-16)19-10-4-12-20-11-3-7-18(20)21/h8-9,13-14,19H,2-7,10-12H2,1H3/t14-/m1/s1. The lowest BCUT2D eigenvalue weighted by atomic mass is 10.0. The second-order valence-electron chi connectivity index (χ2n) is 6.40. The molecule has 1 heterocycles. The Balaban J connectivity index is 1.43. The summed E-state index contributed by atoms with van der Waals surface area (Å²) in [6.07, 6.45) is 6.64. The van der Waals surface area contributed by atoms with Crippen LogP contribution in [-0.2, 0) is 17.6 Å². The van der Waals surface area contributed by atoms with E-state index in [1.54, 1.807) is 11.1 Å². The van der Waals surface area contributed by atoms with Gasteiger partial charge in [-0.05, 0) is 62.3 Å². The maximum atomic E-state index is 11.5. The lowest BCUT2D eigenvalue weighted by Gasteiger charge is -2.18. The van der Waals surface area contributed by atoms with E-state index in [9.17, 15) is 4.79 Å². The summed E-state index contributed by atoms with van der Waals surface area (Å²) in [5.41, 5.74) is 4.48. The minimum Gasteiger partial charge on any atom is -0.343 e. The molecule has 1 aromatic carbocycles. The average molecular weight is 286 g/mol. The SMILES string of the molecule is C[C@@H](NCCCN1CCCC1=O)c1ccc2c(c1)CCC2. The van der Waals surface area contributed by atoms with Crippen LogP contribution in [0, 0.1) is 0 Å². The molecule has 0 bridgehead atoms. The highest BCUT2D eigenvalue weighted by Gasteiger charge is 2.19. The molecule has 2 aliphatic rings. The third-order valence-corrected chi connectivity index (χ3v) is 4.85. The number of hydrogen-bond donors (Lipinski definition) is 1. The fraction of sp³-hybridized carbons (Fsp3) is 0.611. The number of hydrogen-bond acceptors (Lipinski definition) is 2. The summed E-state index contributed by atoms with van der Waals surface area (Å²) in [5, 5.41) is 3.59. The van der Waals surface area contributed by atoms with Gasteiger partial charge in [-0.1, -0.05) is 18.2 Å². The first kappa shape index (κ1) is 14.6. The van der Waals surface area contributed by atoms with Crippen LogP contribution in [-0.4, -0.2) is 30.4 Å². The summed E-state index contributed by atoms with van der Waals surface area (Å²) >= 11 is 0. The molecule has 1 aromatic rings. The number of carbonyl (C=O) groups excluding carboxylic acids is 1. The highest BCUT2D eigenvalue weighted by Crippen LogP contribution is 2.25.